The molecule has 6 saturated heterocycles. The van der Waals surface area contributed by atoms with Crippen LogP contribution in [0, 0.1) is 0 Å². The number of rotatable bonds is 28. The first-order chi connectivity index (χ1) is 50.1. The van der Waals surface area contributed by atoms with Crippen LogP contribution in [0.5, 0.6) is 0 Å². The van der Waals surface area contributed by atoms with Crippen LogP contribution in [0.2, 0.25) is 0 Å². The molecule has 7 aromatic rings. The second kappa shape index (κ2) is 30.9. The van der Waals surface area contributed by atoms with E-state index < -0.39 is 233 Å². The van der Waals surface area contributed by atoms with Crippen LogP contribution in [-0.2, 0) is 78.3 Å². The number of hydrogen-bond acceptors (Lipinski definition) is 38. The predicted molar refractivity (Wildman–Crippen MR) is 347 cm³/mol. The third-order valence-electron chi connectivity index (χ3n) is 17.6. The summed E-state index contributed by atoms with van der Waals surface area (Å²) >= 11 is 0. The maximum atomic E-state index is 15.9. The zero-order chi connectivity index (χ0) is 74.4. The fourth-order valence-electron chi connectivity index (χ4n) is 12.4. The Morgan fingerprint density at radius 3 is 1.21 bits per heavy atom. The van der Waals surface area contributed by atoms with Crippen molar-refractivity contribution in [2.24, 2.45) is 0 Å². The zero-order valence-electron chi connectivity index (χ0n) is 54.4. The van der Waals surface area contributed by atoms with E-state index in [1.807, 2.05) is 0 Å². The molecule has 15 N–H and O–H groups in total. The van der Waals surface area contributed by atoms with Gasteiger partial charge in [0.05, 0.1) is 64.3 Å². The lowest BCUT2D eigenvalue weighted by molar-refractivity contribution is -0.0771. The third-order valence-corrected chi connectivity index (χ3v) is 21.6. The van der Waals surface area contributed by atoms with E-state index in [-0.39, 0.29) is 53.7 Å². The van der Waals surface area contributed by atoms with Crippen LogP contribution in [-0.4, -0.2) is 205 Å². The molecule has 0 aromatic carbocycles. The molecule has 21 unspecified atom stereocenters. The molecule has 0 bridgehead atoms. The number of phosphoric ester groups is 3. The number of aliphatic hydroxyl groups excluding tert-OH is 4. The lowest BCUT2D eigenvalue weighted by Gasteiger charge is -2.28. The van der Waals surface area contributed by atoms with E-state index in [0.29, 0.717) is 0 Å². The molecule has 0 aliphatic carbocycles. The van der Waals surface area contributed by atoms with Crippen molar-refractivity contribution in [3.63, 3.8) is 0 Å². The lowest BCUT2D eigenvalue weighted by atomic mass is 10.2. The fraction of sp³-hybridized carbons (Fsp3) is 0.545. The SMILES string of the molecule is Nc1ccn(C2CC(O)C(COP(=O)(O)OC3CC(n4cnc5ncnc(N)c54)OC3COP(=O)(OCC3OC(n4ccc(N)nc4=O)CC3O)OC3CC(n4ccc(=O)[nH]c4=O)OC3COP(=O)(OCC3OC(n4ccc(N)nc4=O)CC3O)OC3CC(n4ccc(=O)[nH]c4=O)OC3CO)O2)c(=O)n1. The van der Waals surface area contributed by atoms with Crippen LogP contribution < -0.4 is 62.5 Å². The summed E-state index contributed by atoms with van der Waals surface area (Å²) in [6, 6.07) is 5.86. The molecular weight excluding hydrogens is 1470 g/mol. The highest BCUT2D eigenvalue weighted by atomic mass is 31.2. The minimum Gasteiger partial charge on any atom is -0.394 e. The van der Waals surface area contributed by atoms with Gasteiger partial charge in [-0.2, -0.15) is 15.0 Å². The van der Waals surface area contributed by atoms with Gasteiger partial charge in [0.2, 0.25) is 0 Å². The molecule has 0 amide bonds. The number of anilines is 4. The van der Waals surface area contributed by atoms with Crippen LogP contribution in [0.4, 0.5) is 23.3 Å². The van der Waals surface area contributed by atoms with Crippen molar-refractivity contribution >= 4 is 57.9 Å². The predicted octanol–water partition coefficient (Wildman–Crippen LogP) is -3.62. The number of aromatic nitrogens is 14. The normalized spacial score (nSPS) is 30.8. The van der Waals surface area contributed by atoms with Gasteiger partial charge in [0.1, 0.15) is 122 Å². The molecule has 50 heteroatoms. The number of nitrogens with zero attached hydrogens (tertiary/aromatic N) is 12. The maximum absolute atomic E-state index is 15.9. The van der Waals surface area contributed by atoms with Crippen molar-refractivity contribution in [2.45, 2.75) is 149 Å². The Bertz CT molecular complexity index is 4920. The number of H-pyrrole nitrogens is 2. The maximum Gasteiger partial charge on any atom is 0.475 e. The summed E-state index contributed by atoms with van der Waals surface area (Å²) in [4.78, 5) is 128. The van der Waals surface area contributed by atoms with Crippen molar-refractivity contribution in [2.75, 3.05) is 62.6 Å². The minimum atomic E-state index is -5.49. The second-order valence-electron chi connectivity index (χ2n) is 24.6. The van der Waals surface area contributed by atoms with Gasteiger partial charge in [-0.25, -0.2) is 52.6 Å². The van der Waals surface area contributed by atoms with Gasteiger partial charge >= 0.3 is 51.9 Å². The number of nitrogen functional groups attached to an aromatic ring is 4. The Morgan fingerprint density at radius 2 is 0.800 bits per heavy atom. The molecule has 0 radical (unpaired) electrons. The number of aliphatic hydroxyl groups is 4. The van der Waals surface area contributed by atoms with Gasteiger partial charge in [-0.1, -0.05) is 0 Å². The summed E-state index contributed by atoms with van der Waals surface area (Å²) < 4.78 is 136. The van der Waals surface area contributed by atoms with Crippen LogP contribution in [0.3, 0.4) is 0 Å². The quantitative estimate of drug-likeness (QED) is 0.0211. The highest BCUT2D eigenvalue weighted by Crippen LogP contribution is 2.58. The van der Waals surface area contributed by atoms with Crippen molar-refractivity contribution in [1.29, 1.82) is 0 Å². The Labute approximate surface area is 585 Å². The molecule has 47 nitrogen and oxygen atoms in total. The summed E-state index contributed by atoms with van der Waals surface area (Å²) in [7, 11) is -16.2. The first-order valence-electron chi connectivity index (χ1n) is 32.0. The molecule has 6 fully saturated rings. The molecule has 13 heterocycles. The van der Waals surface area contributed by atoms with Crippen LogP contribution in [0.25, 0.3) is 11.2 Å². The minimum absolute atomic E-state index is 0.0832. The number of hydrogen-bond donors (Lipinski definition) is 11. The summed E-state index contributed by atoms with van der Waals surface area (Å²) in [6.07, 6.45) is -19.6. The van der Waals surface area contributed by atoms with Crippen molar-refractivity contribution < 1.29 is 104 Å². The first kappa shape index (κ1) is 74.9. The highest BCUT2D eigenvalue weighted by molar-refractivity contribution is 7.48. The molecule has 7 aromatic heterocycles. The van der Waals surface area contributed by atoms with Crippen molar-refractivity contribution in [1.82, 2.24) is 67.3 Å². The van der Waals surface area contributed by atoms with Gasteiger partial charge in [-0.3, -0.25) is 83.1 Å². The number of nitrogens with one attached hydrogen (secondary N) is 2. The molecule has 105 heavy (non-hydrogen) atoms. The third kappa shape index (κ3) is 16.9. The van der Waals surface area contributed by atoms with Crippen LogP contribution >= 0.6 is 23.5 Å². The summed E-state index contributed by atoms with van der Waals surface area (Å²) in [5.41, 5.74) is 17.4. The topological polar surface area (TPSA) is 644 Å². The second-order valence-corrected chi connectivity index (χ2v) is 29.2. The van der Waals surface area contributed by atoms with Gasteiger partial charge < -0.3 is 76.7 Å². The van der Waals surface area contributed by atoms with E-state index in [1.165, 1.54) is 47.7 Å². The van der Waals surface area contributed by atoms with Gasteiger partial charge in [0.25, 0.3) is 11.1 Å². The summed E-state index contributed by atoms with van der Waals surface area (Å²) in [6.45, 7) is -5.47. The molecule has 0 spiro atoms. The van der Waals surface area contributed by atoms with Gasteiger partial charge in [-0.05, 0) is 18.2 Å². The molecule has 21 atom stereocenters. The largest absolute Gasteiger partial charge is 0.475 e. The van der Waals surface area contributed by atoms with E-state index in [0.717, 1.165) is 53.7 Å². The number of aromatic amines is 2. The molecule has 13 rings (SSSR count). The number of phosphoric acid groups is 3. The molecular formula is C55H69N18O29P3. The fourth-order valence-corrected chi connectivity index (χ4v) is 16.2. The summed E-state index contributed by atoms with van der Waals surface area (Å²) in [5.74, 6) is -0.423. The van der Waals surface area contributed by atoms with E-state index in [4.69, 9.17) is 87.5 Å². The molecule has 6 aliphatic rings. The smallest absolute Gasteiger partial charge is 0.394 e. The van der Waals surface area contributed by atoms with E-state index >= 15 is 9.13 Å². The zero-order valence-corrected chi connectivity index (χ0v) is 57.0. The van der Waals surface area contributed by atoms with Gasteiger partial charge in [-0.15, -0.1) is 0 Å². The number of ether oxygens (including phenoxy) is 6. The Kier molecular flexibility index (Phi) is 22.0. The first-order valence-corrected chi connectivity index (χ1v) is 36.5. The van der Waals surface area contributed by atoms with E-state index in [1.54, 1.807) is 0 Å². The number of nitrogens with two attached hydrogens (primary N) is 4. The Morgan fingerprint density at radius 1 is 0.448 bits per heavy atom. The standard InChI is InChI=1S/C55H69N18O29P3/c56-37-1-6-68(51(80)63-37)42-11-25(75)32(95-42)18-89-103(85,86)100-29-15-47(73-24-62-50-48(73)49(59)60-23-61-50)99-35(29)21-92-105(88,91-20-34-27(77)13-44(97-34)70-8-3-39(58)65-53(70)82)102-30-16-46(72-10-5-41(79)67-55(72)84)98-36(30)22-93-104(87,90-19-33-26(76)12-43(96-33)69-7-2-38(57)64-52(69)81)101-28-14-45(94-31(28)17-74)71-9-4-40(78)66-54(71)83/h1-10,23-36,42-47,74-77H,11-22H2,(H,85,86)(H2,56,63,80)(H2,57,64,81)(H2,58,65,82)(H2,59,60,61)(H,66,78,83)(H,67,79,84). The van der Waals surface area contributed by atoms with Gasteiger partial charge in [0.15, 0.2) is 11.5 Å². The molecule has 0 saturated carbocycles. The van der Waals surface area contributed by atoms with Crippen LogP contribution in [0.1, 0.15) is 75.9 Å². The van der Waals surface area contributed by atoms with E-state index in [2.05, 4.69) is 39.9 Å². The van der Waals surface area contributed by atoms with Crippen LogP contribution in [0.15, 0.2) is 108 Å². The van der Waals surface area contributed by atoms with Crippen molar-refractivity contribution in [3.8, 4) is 0 Å². The van der Waals surface area contributed by atoms with E-state index in [9.17, 15) is 63.4 Å². The molecule has 6 aliphatic heterocycles. The highest BCUT2D eigenvalue weighted by Gasteiger charge is 2.51. The average molecular weight is 1540 g/mol. The van der Waals surface area contributed by atoms with Gasteiger partial charge in [0, 0.05) is 81.6 Å². The lowest BCUT2D eigenvalue weighted by Crippen LogP contribution is -2.33. The number of imidazole rings is 1. The Balaban J connectivity index is 0.802. The number of fused-ring (bicyclic) bond motifs is 1. The molecule has 568 valence electrons. The average Bonchev–Trinajstić information content (AvgIpc) is 1.64. The van der Waals surface area contributed by atoms with Crippen molar-refractivity contribution in [3.05, 3.63) is 147 Å². The Hall–Kier alpha value is -8.32. The summed E-state index contributed by atoms with van der Waals surface area (Å²) in [5, 5.41) is 44.2. The monoisotopic (exact) mass is 1540 g/mol.